The molecule has 2 heterocycles. The summed E-state index contributed by atoms with van der Waals surface area (Å²) in [6.45, 7) is 10.3. The standard InChI is InChI=1S/C101H143N27O15/c1-62(2)55-80(123-95(140)81(57-66-27-12-7-13-28-66)118-84(130)61-116-88(133)64(5)117-89(134)74(102)56-68-39-41-72(129)42-40-68)94(139)121-77(36-22-48-110-98(104)105)90(135)119-78(37-23-49-111-99(106)107)91(136)124-82(58-67-29-14-8-15-30-67)96(141)122-79(38-24-50-112-100(108)109)92(137)125-83(59-69-60-115-75-34-19-18-33-73(69)75)97(142)120-76(93(138)126-86(63(3)4)87(103)132)35-20-21-47-113-101(143)114-51-43-85(131)128(70-31-16-9-17-32-70)71-45-53-127(54-46-71)52-44-65-25-10-6-11-26-65/h6-19,25-34,39-42,60,62-64,71,74,76-83,86,115,129H,20-24,35-38,43-59,61,102H2,1-5H3,(H2,103,132)(H,116,133)(H,117,134)(H,118,130)(H,119,135)(H,120,142)(H,121,139)(H,122,141)(H,123,140)(H,124,136)(H,125,137)(H,126,138)(H4,104,105,110)(H4,106,107,111)(H4,108,109,112)(H2,113,114,143)/t64-,74+,76+,77+,78+,79+,80+,81+,82-,83+,86+/m1/s1. The first-order valence-electron chi connectivity index (χ1n) is 48.6. The van der Waals surface area contributed by atoms with E-state index in [4.69, 9.17) is 44.9 Å². The Labute approximate surface area is 833 Å². The number of rotatable bonds is 59. The number of aromatic nitrogens is 1. The Kier molecular flexibility index (Phi) is 46.9. The number of hydrogen-bond acceptors (Lipinski definition) is 20. The Morgan fingerprint density at radius 3 is 1.32 bits per heavy atom. The van der Waals surface area contributed by atoms with Crippen molar-refractivity contribution in [3.8, 4) is 5.75 Å². The van der Waals surface area contributed by atoms with E-state index in [-0.39, 0.29) is 153 Å². The van der Waals surface area contributed by atoms with Crippen molar-refractivity contribution in [2.75, 3.05) is 63.8 Å². The second-order valence-electron chi connectivity index (χ2n) is 36.5. The quantitative estimate of drug-likeness (QED) is 0.0144. The normalized spacial score (nSPS) is 14.3. The summed E-state index contributed by atoms with van der Waals surface area (Å²) in [7, 11) is 0. The first kappa shape index (κ1) is 113. The van der Waals surface area contributed by atoms with Crippen molar-refractivity contribution in [3.05, 3.63) is 204 Å². The molecule has 0 aliphatic carbocycles. The number of phenolic OH excluding ortho intramolecular Hbond substituents is 1. The number of piperidine rings is 1. The number of H-pyrrole nitrogens is 1. The largest absolute Gasteiger partial charge is 0.508 e. The van der Waals surface area contributed by atoms with Gasteiger partial charge in [0.05, 0.1) is 12.6 Å². The topological polar surface area (TPSA) is 676 Å². The lowest BCUT2D eigenvalue weighted by atomic mass is 10.00. The van der Waals surface area contributed by atoms with Gasteiger partial charge in [0.2, 0.25) is 76.8 Å². The number of nitrogens with one attached hydrogen (secondary N) is 20. The van der Waals surface area contributed by atoms with Crippen LogP contribution < -0.4 is 119 Å². The number of para-hydroxylation sites is 2. The van der Waals surface area contributed by atoms with E-state index < -0.39 is 174 Å². The van der Waals surface area contributed by atoms with E-state index in [9.17, 15) is 48.3 Å². The zero-order valence-electron chi connectivity index (χ0n) is 81.9. The number of fused-ring (bicyclic) bond motifs is 1. The van der Waals surface area contributed by atoms with Crippen LogP contribution in [-0.2, 0) is 94.4 Å². The van der Waals surface area contributed by atoms with Crippen molar-refractivity contribution >= 4 is 117 Å². The number of primary amides is 1. The molecule has 0 unspecified atom stereocenters. The lowest BCUT2D eigenvalue weighted by molar-refractivity contribution is -0.136. The molecule has 143 heavy (non-hydrogen) atoms. The summed E-state index contributed by atoms with van der Waals surface area (Å²) in [6, 6.07) is 34.0. The predicted octanol–water partition coefficient (Wildman–Crippen LogP) is 1.03. The van der Waals surface area contributed by atoms with E-state index in [1.807, 2.05) is 53.4 Å². The second kappa shape index (κ2) is 59.4. The Morgan fingerprint density at radius 1 is 0.420 bits per heavy atom. The summed E-state index contributed by atoms with van der Waals surface area (Å²) in [4.78, 5) is 209. The number of hydrogen-bond donors (Lipinski definition) is 26. The number of nitrogens with two attached hydrogens (primary N) is 5. The number of benzene rings is 6. The summed E-state index contributed by atoms with van der Waals surface area (Å²) >= 11 is 0. The van der Waals surface area contributed by atoms with Crippen LogP contribution in [0.4, 0.5) is 10.5 Å². The molecule has 1 fully saturated rings. The van der Waals surface area contributed by atoms with Gasteiger partial charge in [-0.25, -0.2) is 4.79 Å². The molecule has 0 saturated carbocycles. The van der Waals surface area contributed by atoms with E-state index in [0.717, 1.165) is 44.6 Å². The molecule has 0 radical (unpaired) electrons. The van der Waals surface area contributed by atoms with Gasteiger partial charge in [0, 0.05) is 107 Å². The molecule has 1 aliphatic rings. The van der Waals surface area contributed by atoms with E-state index in [1.165, 1.54) is 24.6 Å². The molecule has 772 valence electrons. The van der Waals surface area contributed by atoms with Gasteiger partial charge in [-0.15, -0.1) is 0 Å². The molecular formula is C101H143N27O15. The maximum absolute atomic E-state index is 15.5. The number of nitrogens with zero attached hydrogens (tertiary/aromatic N) is 2. The van der Waals surface area contributed by atoms with Gasteiger partial charge in [-0.1, -0.05) is 167 Å². The summed E-state index contributed by atoms with van der Waals surface area (Å²) in [5, 5.41) is 77.4. The Morgan fingerprint density at radius 2 is 0.832 bits per heavy atom. The Balaban J connectivity index is 0.990. The average Bonchev–Trinajstić information content (AvgIpc) is 1.67. The van der Waals surface area contributed by atoms with Crippen LogP contribution in [0.25, 0.3) is 10.9 Å². The minimum atomic E-state index is -1.59. The van der Waals surface area contributed by atoms with E-state index in [0.29, 0.717) is 33.2 Å². The molecule has 42 heteroatoms. The number of aromatic hydroxyl groups is 1. The van der Waals surface area contributed by atoms with Crippen LogP contribution >= 0.6 is 0 Å². The third-order valence-electron chi connectivity index (χ3n) is 24.2. The zero-order valence-corrected chi connectivity index (χ0v) is 81.9. The number of urea groups is 1. The van der Waals surface area contributed by atoms with Crippen molar-refractivity contribution in [3.63, 3.8) is 0 Å². The van der Waals surface area contributed by atoms with Crippen molar-refractivity contribution < 1.29 is 72.2 Å². The molecule has 0 bridgehead atoms. The predicted molar refractivity (Wildman–Crippen MR) is 544 cm³/mol. The molecular weight excluding hydrogens is 1830 g/mol. The number of anilines is 1. The molecule has 1 saturated heterocycles. The fourth-order valence-electron chi connectivity index (χ4n) is 16.5. The number of carbonyl (C=O) groups is 14. The van der Waals surface area contributed by atoms with Crippen LogP contribution in [0.3, 0.4) is 0 Å². The van der Waals surface area contributed by atoms with E-state index in [1.54, 1.807) is 131 Å². The molecule has 7 aromatic rings. The van der Waals surface area contributed by atoms with Gasteiger partial charge in [-0.3, -0.25) is 78.6 Å². The van der Waals surface area contributed by atoms with Crippen molar-refractivity contribution in [2.24, 2.45) is 40.5 Å². The van der Waals surface area contributed by atoms with E-state index in [2.05, 4.69) is 107 Å². The number of amides is 15. The minimum absolute atomic E-state index is 0.00135. The second-order valence-corrected chi connectivity index (χ2v) is 36.5. The van der Waals surface area contributed by atoms with Crippen LogP contribution in [0, 0.1) is 28.1 Å². The highest BCUT2D eigenvalue weighted by atomic mass is 16.3. The van der Waals surface area contributed by atoms with Gasteiger partial charge < -0.3 is 134 Å². The first-order chi connectivity index (χ1) is 68.5. The molecule has 1 aromatic heterocycles. The number of phenols is 1. The van der Waals surface area contributed by atoms with Gasteiger partial charge in [0.25, 0.3) is 0 Å². The molecule has 11 atom stereocenters. The Bertz CT molecular complexity index is 5340. The zero-order chi connectivity index (χ0) is 104. The minimum Gasteiger partial charge on any atom is -0.508 e. The number of carbonyl (C=O) groups excluding carboxylic acids is 14. The van der Waals surface area contributed by atoms with Crippen molar-refractivity contribution in [1.29, 1.82) is 16.2 Å². The van der Waals surface area contributed by atoms with Crippen LogP contribution in [0.2, 0.25) is 0 Å². The molecule has 0 spiro atoms. The molecule has 6 aromatic carbocycles. The maximum Gasteiger partial charge on any atom is 0.314 e. The number of guanidine groups is 3. The summed E-state index contributed by atoms with van der Waals surface area (Å²) in [6.07, 6.45) is 3.51. The monoisotopic (exact) mass is 1970 g/mol. The molecule has 42 nitrogen and oxygen atoms in total. The van der Waals surface area contributed by atoms with E-state index >= 15 is 24.0 Å². The lowest BCUT2D eigenvalue weighted by Crippen LogP contribution is -2.61. The molecule has 15 amide bonds. The SMILES string of the molecule is CC(C)C[C@H](NC(=O)[C@H](Cc1ccccc1)NC(=O)CNC(=O)[C@@H](C)NC(=O)[C@@H](N)Cc1ccc(O)cc1)C(=O)N[C@@H](CCCNC(=N)N)C(=O)N[C@@H](CCCNC(=N)N)C(=O)N[C@H](Cc1ccccc1)C(=O)N[C@@H](CCCNC(=N)N)C(=O)N[C@@H](Cc1c[nH]c2ccccc12)C(=O)N[C@@H](CCCCNC(=O)NCCC(=O)N(c1ccccc1)C1CCN(CCc2ccccc2)CC1)C(=O)N[C@H](C(N)=O)C(C)C. The first-order valence-corrected chi connectivity index (χ1v) is 48.6. The van der Waals surface area contributed by atoms with Crippen LogP contribution in [-0.4, -0.2) is 247 Å². The average molecular weight is 1980 g/mol. The van der Waals surface area contributed by atoms with Crippen molar-refractivity contribution in [1.82, 2.24) is 95.0 Å². The van der Waals surface area contributed by atoms with Gasteiger partial charge in [-0.05, 0) is 167 Å². The van der Waals surface area contributed by atoms with Crippen LogP contribution in [0.5, 0.6) is 5.75 Å². The third-order valence-corrected chi connectivity index (χ3v) is 24.2. The number of likely N-dealkylation sites (tertiary alicyclic amines) is 1. The molecule has 8 rings (SSSR count). The highest BCUT2D eigenvalue weighted by Crippen LogP contribution is 2.27. The fourth-order valence-corrected chi connectivity index (χ4v) is 16.5. The summed E-state index contributed by atoms with van der Waals surface area (Å²) in [5.74, 6) is -12.5. The van der Waals surface area contributed by atoms with Gasteiger partial charge in [0.1, 0.15) is 66.2 Å². The third kappa shape index (κ3) is 40.1. The van der Waals surface area contributed by atoms with Crippen molar-refractivity contribution in [2.45, 2.75) is 223 Å². The van der Waals surface area contributed by atoms with Crippen LogP contribution in [0.1, 0.15) is 146 Å². The molecule has 31 N–H and O–H groups in total. The van der Waals surface area contributed by atoms with Gasteiger partial charge in [-0.2, -0.15) is 0 Å². The van der Waals surface area contributed by atoms with Crippen LogP contribution in [0.15, 0.2) is 176 Å². The highest BCUT2D eigenvalue weighted by molar-refractivity contribution is 6.00. The highest BCUT2D eigenvalue weighted by Gasteiger charge is 2.38. The fraction of sp³-hybridized carbons (Fsp3) is 0.455. The number of unbranched alkanes of at least 4 members (excludes halogenated alkanes) is 1. The van der Waals surface area contributed by atoms with Gasteiger partial charge >= 0.3 is 6.03 Å². The Hall–Kier alpha value is -15.2. The van der Waals surface area contributed by atoms with Gasteiger partial charge in [0.15, 0.2) is 17.9 Å². The molecule has 1 aliphatic heterocycles. The summed E-state index contributed by atoms with van der Waals surface area (Å²) < 4.78 is 0. The lowest BCUT2D eigenvalue weighted by Gasteiger charge is -2.38. The number of aromatic amines is 1. The summed E-state index contributed by atoms with van der Waals surface area (Å²) in [5.41, 5.74) is 34.0. The maximum atomic E-state index is 15.5. The smallest absolute Gasteiger partial charge is 0.314 e.